The molecule has 0 saturated heterocycles. The van der Waals surface area contributed by atoms with E-state index in [2.05, 4.69) is 12.2 Å². The second-order valence-electron chi connectivity index (χ2n) is 6.25. The molecular weight excluding hydrogens is 320 g/mol. The summed E-state index contributed by atoms with van der Waals surface area (Å²) in [5.41, 5.74) is 5.08. The molecule has 0 fully saturated rings. The van der Waals surface area contributed by atoms with Gasteiger partial charge in [-0.1, -0.05) is 58.8 Å². The van der Waals surface area contributed by atoms with Crippen LogP contribution in [0.5, 0.6) is 0 Å². The van der Waals surface area contributed by atoms with Crippen LogP contribution in [0.2, 0.25) is 0 Å². The van der Waals surface area contributed by atoms with Crippen molar-refractivity contribution in [3.63, 3.8) is 0 Å². The summed E-state index contributed by atoms with van der Waals surface area (Å²) in [4.78, 5) is 31.3. The molecule has 0 aromatic heterocycles. The van der Waals surface area contributed by atoms with Gasteiger partial charge in [0.2, 0.25) is 11.8 Å². The number of carbonyl (C=O) groups excluding carboxylic acids is 2. The number of rotatable bonds is 15. The van der Waals surface area contributed by atoms with Gasteiger partial charge in [-0.2, -0.15) is 0 Å². The molecule has 0 radical (unpaired) electrons. The average Bonchev–Trinajstić information content (AvgIpc) is 2.57. The lowest BCUT2D eigenvalue weighted by Crippen LogP contribution is -2.23. The molecule has 25 heavy (non-hydrogen) atoms. The summed E-state index contributed by atoms with van der Waals surface area (Å²) >= 11 is 0. The number of carboxylic acid groups (broad SMARTS) is 1. The second kappa shape index (κ2) is 20.5. The zero-order valence-electron chi connectivity index (χ0n) is 16.1. The number of primary amides is 1. The first kappa shape index (κ1) is 25.6. The Morgan fingerprint density at radius 1 is 0.800 bits per heavy atom. The predicted molar refractivity (Wildman–Crippen MR) is 101 cm³/mol. The molecule has 0 aliphatic heterocycles. The van der Waals surface area contributed by atoms with Crippen LogP contribution in [0.15, 0.2) is 0 Å². The minimum Gasteiger partial charge on any atom is -0.481 e. The van der Waals surface area contributed by atoms with Crippen molar-refractivity contribution >= 4 is 17.8 Å². The number of hydrogen-bond donors (Lipinski definition) is 3. The van der Waals surface area contributed by atoms with Crippen LogP contribution in [-0.4, -0.2) is 29.4 Å². The first-order valence-corrected chi connectivity index (χ1v) is 9.70. The number of nitrogens with one attached hydrogen (secondary N) is 1. The summed E-state index contributed by atoms with van der Waals surface area (Å²) in [5, 5.41) is 10.7. The van der Waals surface area contributed by atoms with Gasteiger partial charge < -0.3 is 16.2 Å². The highest BCUT2D eigenvalue weighted by Gasteiger charge is 2.00. The number of unbranched alkanes of at least 4 members (excludes halogenated alkanes) is 8. The lowest BCUT2D eigenvalue weighted by molar-refractivity contribution is -0.136. The quantitative estimate of drug-likeness (QED) is 0.387. The first-order valence-electron chi connectivity index (χ1n) is 9.70. The van der Waals surface area contributed by atoms with Crippen molar-refractivity contribution in [3.05, 3.63) is 0 Å². The maximum atomic E-state index is 11.4. The van der Waals surface area contributed by atoms with Crippen molar-refractivity contribution in [1.29, 1.82) is 0 Å². The van der Waals surface area contributed by atoms with Crippen molar-refractivity contribution in [3.8, 4) is 0 Å². The number of aliphatic carboxylic acids is 1. The Morgan fingerprint density at radius 2 is 1.24 bits per heavy atom. The SMILES string of the molecule is CCC(=O)O.CCCCNC(=O)CCCCCCCCCCC(N)=O. The van der Waals surface area contributed by atoms with Gasteiger partial charge in [0.25, 0.3) is 0 Å². The number of nitrogens with two attached hydrogens (primary N) is 1. The smallest absolute Gasteiger partial charge is 0.303 e. The Hall–Kier alpha value is -1.59. The molecule has 0 heterocycles. The van der Waals surface area contributed by atoms with E-state index in [0.717, 1.165) is 45.1 Å². The van der Waals surface area contributed by atoms with Gasteiger partial charge in [0, 0.05) is 25.8 Å². The fourth-order valence-corrected chi connectivity index (χ4v) is 2.14. The third kappa shape index (κ3) is 27.5. The molecule has 0 aliphatic carbocycles. The fourth-order valence-electron chi connectivity index (χ4n) is 2.14. The van der Waals surface area contributed by atoms with Gasteiger partial charge in [-0.05, 0) is 19.3 Å². The van der Waals surface area contributed by atoms with Gasteiger partial charge in [0.05, 0.1) is 0 Å². The molecule has 148 valence electrons. The molecule has 0 aromatic carbocycles. The van der Waals surface area contributed by atoms with E-state index in [1.165, 1.54) is 25.7 Å². The van der Waals surface area contributed by atoms with Gasteiger partial charge >= 0.3 is 5.97 Å². The molecule has 6 nitrogen and oxygen atoms in total. The molecular formula is C19H38N2O4. The minimum atomic E-state index is -0.745. The maximum Gasteiger partial charge on any atom is 0.303 e. The summed E-state index contributed by atoms with van der Waals surface area (Å²) in [7, 11) is 0. The zero-order chi connectivity index (χ0) is 19.3. The van der Waals surface area contributed by atoms with E-state index in [1.54, 1.807) is 6.92 Å². The molecule has 0 saturated carbocycles. The van der Waals surface area contributed by atoms with E-state index in [1.807, 2.05) is 0 Å². The van der Waals surface area contributed by atoms with Crippen molar-refractivity contribution < 1.29 is 19.5 Å². The molecule has 0 spiro atoms. The van der Waals surface area contributed by atoms with Gasteiger partial charge in [-0.3, -0.25) is 14.4 Å². The Balaban J connectivity index is 0. The van der Waals surface area contributed by atoms with Gasteiger partial charge in [-0.15, -0.1) is 0 Å². The number of carboxylic acids is 1. The van der Waals surface area contributed by atoms with Gasteiger partial charge in [0.1, 0.15) is 0 Å². The Bertz CT molecular complexity index is 346. The minimum absolute atomic E-state index is 0.192. The Labute approximate surface area is 152 Å². The highest BCUT2D eigenvalue weighted by Crippen LogP contribution is 2.10. The first-order chi connectivity index (χ1) is 11.9. The van der Waals surface area contributed by atoms with E-state index in [-0.39, 0.29) is 18.2 Å². The van der Waals surface area contributed by atoms with Crippen LogP contribution >= 0.6 is 0 Å². The van der Waals surface area contributed by atoms with Crippen molar-refractivity contribution in [1.82, 2.24) is 5.32 Å². The second-order valence-corrected chi connectivity index (χ2v) is 6.25. The highest BCUT2D eigenvalue weighted by atomic mass is 16.4. The van der Waals surface area contributed by atoms with Crippen molar-refractivity contribution in [2.45, 2.75) is 97.3 Å². The van der Waals surface area contributed by atoms with Crippen LogP contribution in [-0.2, 0) is 14.4 Å². The molecule has 0 aromatic rings. The van der Waals surface area contributed by atoms with E-state index in [9.17, 15) is 14.4 Å². The van der Waals surface area contributed by atoms with Crippen LogP contribution in [0.1, 0.15) is 97.3 Å². The summed E-state index contributed by atoms with van der Waals surface area (Å²) < 4.78 is 0. The number of amides is 2. The zero-order valence-corrected chi connectivity index (χ0v) is 16.1. The molecule has 0 atom stereocenters. The average molecular weight is 359 g/mol. The van der Waals surface area contributed by atoms with Crippen molar-refractivity contribution in [2.75, 3.05) is 6.54 Å². The van der Waals surface area contributed by atoms with Crippen LogP contribution in [0.3, 0.4) is 0 Å². The third-order valence-corrected chi connectivity index (χ3v) is 3.73. The third-order valence-electron chi connectivity index (χ3n) is 3.73. The van der Waals surface area contributed by atoms with Crippen LogP contribution in [0, 0.1) is 0 Å². The van der Waals surface area contributed by atoms with Crippen LogP contribution < -0.4 is 11.1 Å². The predicted octanol–water partition coefficient (Wildman–Crippen LogP) is 3.77. The van der Waals surface area contributed by atoms with Crippen LogP contribution in [0.4, 0.5) is 0 Å². The molecule has 2 amide bonds. The molecule has 0 unspecified atom stereocenters. The van der Waals surface area contributed by atoms with E-state index >= 15 is 0 Å². The fraction of sp³-hybridized carbons (Fsp3) is 0.842. The van der Waals surface area contributed by atoms with E-state index in [4.69, 9.17) is 10.8 Å². The highest BCUT2D eigenvalue weighted by molar-refractivity contribution is 5.75. The molecule has 4 N–H and O–H groups in total. The summed E-state index contributed by atoms with van der Waals surface area (Å²) in [6, 6.07) is 0. The Morgan fingerprint density at radius 3 is 1.64 bits per heavy atom. The lowest BCUT2D eigenvalue weighted by atomic mass is 10.1. The van der Waals surface area contributed by atoms with Crippen LogP contribution in [0.25, 0.3) is 0 Å². The van der Waals surface area contributed by atoms with E-state index < -0.39 is 5.97 Å². The summed E-state index contributed by atoms with van der Waals surface area (Å²) in [6.07, 6.45) is 12.6. The summed E-state index contributed by atoms with van der Waals surface area (Å²) in [6.45, 7) is 4.54. The molecule has 6 heteroatoms. The normalized spacial score (nSPS) is 9.84. The van der Waals surface area contributed by atoms with Gasteiger partial charge in [-0.25, -0.2) is 0 Å². The lowest BCUT2D eigenvalue weighted by Gasteiger charge is -2.04. The topological polar surface area (TPSA) is 109 Å². The monoisotopic (exact) mass is 358 g/mol. The van der Waals surface area contributed by atoms with E-state index in [0.29, 0.717) is 12.8 Å². The molecule has 0 bridgehead atoms. The standard InChI is InChI=1S/C16H32N2O2.C3H6O2/c1-2-3-14-18-16(20)13-11-9-7-5-4-6-8-10-12-15(17)19;1-2-3(4)5/h2-14H2,1H3,(H2,17,19)(H,18,20);2H2,1H3,(H,4,5). The maximum absolute atomic E-state index is 11.4. The molecule has 0 aliphatic rings. The van der Waals surface area contributed by atoms with Crippen molar-refractivity contribution in [2.24, 2.45) is 5.73 Å². The number of carbonyl (C=O) groups is 3. The Kier molecular flexibility index (Phi) is 21.0. The number of hydrogen-bond acceptors (Lipinski definition) is 3. The van der Waals surface area contributed by atoms with Gasteiger partial charge in [0.15, 0.2) is 0 Å². The summed E-state index contributed by atoms with van der Waals surface area (Å²) in [5.74, 6) is -0.739. The largest absolute Gasteiger partial charge is 0.481 e. The molecule has 0 rings (SSSR count).